The molecule has 86 valence electrons. The Morgan fingerprint density at radius 2 is 1.71 bits per heavy atom. The largest absolute Gasteiger partial charge is 0.192 e. The second-order valence-electron chi connectivity index (χ2n) is 5.14. The van der Waals surface area contributed by atoms with Crippen LogP contribution < -0.4 is 0 Å². The Labute approximate surface area is 106 Å². The van der Waals surface area contributed by atoms with Crippen molar-refractivity contribution in [3.63, 3.8) is 0 Å². The second-order valence-corrected chi connectivity index (χ2v) is 5.88. The summed E-state index contributed by atoms with van der Waals surface area (Å²) >= 11 is 1.57. The highest BCUT2D eigenvalue weighted by molar-refractivity contribution is 7.08. The molecule has 2 rings (SSSR count). The second kappa shape index (κ2) is 4.35. The van der Waals surface area contributed by atoms with E-state index in [1.807, 2.05) is 10.8 Å². The minimum Gasteiger partial charge on any atom is -0.192 e. The third-order valence-corrected chi connectivity index (χ3v) is 3.59. The quantitative estimate of drug-likeness (QED) is 0.716. The van der Waals surface area contributed by atoms with Crippen LogP contribution in [0.4, 0.5) is 0 Å². The topological polar surface area (TPSA) is 23.8 Å². The fraction of sp³-hybridized carbons (Fsp3) is 0.267. The van der Waals surface area contributed by atoms with E-state index in [1.54, 1.807) is 11.3 Å². The zero-order valence-electron chi connectivity index (χ0n) is 10.3. The summed E-state index contributed by atoms with van der Waals surface area (Å²) in [5.74, 6) is 0. The Balaban J connectivity index is 2.40. The van der Waals surface area contributed by atoms with Gasteiger partial charge in [-0.05, 0) is 21.9 Å². The Morgan fingerprint density at radius 1 is 1.06 bits per heavy atom. The van der Waals surface area contributed by atoms with Crippen molar-refractivity contribution < 1.29 is 0 Å². The number of thiophene rings is 1. The van der Waals surface area contributed by atoms with Gasteiger partial charge in [-0.2, -0.15) is 16.6 Å². The number of hydrogen-bond acceptors (Lipinski definition) is 2. The van der Waals surface area contributed by atoms with Crippen LogP contribution in [-0.2, 0) is 5.41 Å². The summed E-state index contributed by atoms with van der Waals surface area (Å²) in [6.07, 6.45) is 0. The average Bonchev–Trinajstić information content (AvgIpc) is 2.76. The van der Waals surface area contributed by atoms with Crippen LogP contribution in [0.2, 0.25) is 0 Å². The molecule has 0 saturated carbocycles. The molecule has 0 N–H and O–H groups in total. The first-order valence-electron chi connectivity index (χ1n) is 5.59. The minimum atomic E-state index is 0.172. The average molecular weight is 241 g/mol. The summed E-state index contributed by atoms with van der Waals surface area (Å²) in [6.45, 7) is 6.61. The fourth-order valence-electron chi connectivity index (χ4n) is 1.76. The van der Waals surface area contributed by atoms with Crippen LogP contribution in [0, 0.1) is 11.3 Å². The van der Waals surface area contributed by atoms with E-state index in [0.717, 1.165) is 16.7 Å². The molecule has 0 saturated heterocycles. The molecule has 0 aliphatic heterocycles. The van der Waals surface area contributed by atoms with E-state index < -0.39 is 0 Å². The number of rotatable bonds is 1. The zero-order valence-corrected chi connectivity index (χ0v) is 11.1. The van der Waals surface area contributed by atoms with Gasteiger partial charge in [0.15, 0.2) is 0 Å². The summed E-state index contributed by atoms with van der Waals surface area (Å²) in [5, 5.41) is 12.9. The summed E-state index contributed by atoms with van der Waals surface area (Å²) in [6, 6.07) is 10.7. The molecule has 2 heteroatoms. The lowest BCUT2D eigenvalue weighted by Gasteiger charge is -2.19. The maximum atomic E-state index is 9.01. The highest BCUT2D eigenvalue weighted by Crippen LogP contribution is 2.29. The van der Waals surface area contributed by atoms with Gasteiger partial charge in [-0.3, -0.25) is 0 Å². The SMILES string of the molecule is CC(C)(C)c1ccc(-c2cscc2C#N)cc1. The predicted octanol–water partition coefficient (Wildman–Crippen LogP) is 4.58. The first-order chi connectivity index (χ1) is 8.02. The van der Waals surface area contributed by atoms with Crippen LogP contribution in [0.25, 0.3) is 11.1 Å². The normalized spacial score (nSPS) is 11.2. The van der Waals surface area contributed by atoms with Crippen LogP contribution in [0.5, 0.6) is 0 Å². The third-order valence-electron chi connectivity index (χ3n) is 2.84. The molecule has 0 unspecified atom stereocenters. The zero-order chi connectivity index (χ0) is 12.5. The standard InChI is InChI=1S/C15H15NS/c1-15(2,3)13-6-4-11(5-7-13)14-10-17-9-12(14)8-16/h4-7,9-10H,1-3H3. The van der Waals surface area contributed by atoms with Gasteiger partial charge in [-0.25, -0.2) is 0 Å². The van der Waals surface area contributed by atoms with E-state index >= 15 is 0 Å². The molecular formula is C15H15NS. The molecule has 0 bridgehead atoms. The maximum absolute atomic E-state index is 9.01. The van der Waals surface area contributed by atoms with Crippen molar-refractivity contribution >= 4 is 11.3 Å². The van der Waals surface area contributed by atoms with Crippen LogP contribution in [0.1, 0.15) is 31.9 Å². The van der Waals surface area contributed by atoms with Crippen LogP contribution >= 0.6 is 11.3 Å². The smallest absolute Gasteiger partial charge is 0.101 e. The number of benzene rings is 1. The lowest BCUT2D eigenvalue weighted by Crippen LogP contribution is -2.10. The molecule has 0 radical (unpaired) electrons. The Morgan fingerprint density at radius 3 is 2.24 bits per heavy atom. The first-order valence-corrected chi connectivity index (χ1v) is 6.54. The van der Waals surface area contributed by atoms with Gasteiger partial charge in [-0.1, -0.05) is 45.0 Å². The minimum absolute atomic E-state index is 0.172. The summed E-state index contributed by atoms with van der Waals surface area (Å²) < 4.78 is 0. The lowest BCUT2D eigenvalue weighted by atomic mass is 9.86. The Hall–Kier alpha value is -1.59. The molecule has 17 heavy (non-hydrogen) atoms. The molecule has 0 spiro atoms. The van der Waals surface area contributed by atoms with Gasteiger partial charge in [0.25, 0.3) is 0 Å². The lowest BCUT2D eigenvalue weighted by molar-refractivity contribution is 0.590. The van der Waals surface area contributed by atoms with Crippen molar-refractivity contribution in [2.45, 2.75) is 26.2 Å². The van der Waals surface area contributed by atoms with Gasteiger partial charge in [0.2, 0.25) is 0 Å². The van der Waals surface area contributed by atoms with Gasteiger partial charge in [-0.15, -0.1) is 0 Å². The van der Waals surface area contributed by atoms with Gasteiger partial charge in [0.1, 0.15) is 6.07 Å². The van der Waals surface area contributed by atoms with Crippen molar-refractivity contribution in [3.8, 4) is 17.2 Å². The van der Waals surface area contributed by atoms with Gasteiger partial charge in [0.05, 0.1) is 5.56 Å². The highest BCUT2D eigenvalue weighted by atomic mass is 32.1. The molecular weight excluding hydrogens is 226 g/mol. The summed E-state index contributed by atoms with van der Waals surface area (Å²) in [7, 11) is 0. The van der Waals surface area contributed by atoms with Gasteiger partial charge < -0.3 is 0 Å². The van der Waals surface area contributed by atoms with Crippen molar-refractivity contribution in [2.24, 2.45) is 0 Å². The van der Waals surface area contributed by atoms with Crippen molar-refractivity contribution in [2.75, 3.05) is 0 Å². The van der Waals surface area contributed by atoms with Crippen molar-refractivity contribution in [3.05, 3.63) is 46.2 Å². The van der Waals surface area contributed by atoms with Crippen molar-refractivity contribution in [1.82, 2.24) is 0 Å². The third kappa shape index (κ3) is 2.40. The number of nitrogens with zero attached hydrogens (tertiary/aromatic N) is 1. The Kier molecular flexibility index (Phi) is 3.04. The maximum Gasteiger partial charge on any atom is 0.101 e. The molecule has 0 aliphatic rings. The summed E-state index contributed by atoms with van der Waals surface area (Å²) in [5.41, 5.74) is 4.41. The molecule has 2 aromatic rings. The van der Waals surface area contributed by atoms with E-state index in [9.17, 15) is 0 Å². The molecule has 0 atom stereocenters. The van der Waals surface area contributed by atoms with E-state index in [-0.39, 0.29) is 5.41 Å². The molecule has 1 aromatic heterocycles. The molecule has 0 fully saturated rings. The number of hydrogen-bond donors (Lipinski definition) is 0. The molecule has 0 amide bonds. The molecule has 1 heterocycles. The van der Waals surface area contributed by atoms with E-state index in [0.29, 0.717) is 0 Å². The number of nitriles is 1. The van der Waals surface area contributed by atoms with Crippen molar-refractivity contribution in [1.29, 1.82) is 5.26 Å². The first kappa shape index (κ1) is 11.9. The van der Waals surface area contributed by atoms with Crippen LogP contribution in [-0.4, -0.2) is 0 Å². The van der Waals surface area contributed by atoms with E-state index in [2.05, 4.69) is 51.1 Å². The van der Waals surface area contributed by atoms with E-state index in [4.69, 9.17) is 5.26 Å². The molecule has 0 aliphatic carbocycles. The van der Waals surface area contributed by atoms with Gasteiger partial charge >= 0.3 is 0 Å². The van der Waals surface area contributed by atoms with Gasteiger partial charge in [0, 0.05) is 10.9 Å². The fourth-order valence-corrected chi connectivity index (χ4v) is 2.54. The molecule has 1 nitrogen and oxygen atoms in total. The van der Waals surface area contributed by atoms with Crippen LogP contribution in [0.15, 0.2) is 35.0 Å². The Bertz CT molecular complexity index is 550. The van der Waals surface area contributed by atoms with E-state index in [1.165, 1.54) is 5.56 Å². The predicted molar refractivity (Wildman–Crippen MR) is 73.2 cm³/mol. The highest BCUT2D eigenvalue weighted by Gasteiger charge is 2.13. The summed E-state index contributed by atoms with van der Waals surface area (Å²) in [4.78, 5) is 0. The van der Waals surface area contributed by atoms with Crippen LogP contribution in [0.3, 0.4) is 0 Å². The molecule has 1 aromatic carbocycles. The monoisotopic (exact) mass is 241 g/mol.